The molecule has 1 amide bonds. The van der Waals surface area contributed by atoms with Crippen LogP contribution in [0.2, 0.25) is 5.02 Å². The van der Waals surface area contributed by atoms with Crippen LogP contribution < -0.4 is 9.21 Å². The van der Waals surface area contributed by atoms with Gasteiger partial charge in [0.15, 0.2) is 0 Å². The van der Waals surface area contributed by atoms with E-state index in [1.165, 1.54) is 23.5 Å². The molecule has 1 fully saturated rings. The normalized spacial score (nSPS) is 14.3. The van der Waals surface area contributed by atoms with Crippen LogP contribution in [0.15, 0.2) is 71.8 Å². The average molecular weight is 485 g/mol. The highest BCUT2D eigenvalue weighted by atomic mass is 35.5. The molecule has 2 aromatic carbocycles. The third-order valence-electron chi connectivity index (χ3n) is 5.74. The highest BCUT2D eigenvalue weighted by Crippen LogP contribution is 2.25. The molecule has 2 heterocycles. The molecule has 7 nitrogen and oxygen atoms in total. The number of amides is 1. The first-order valence-electron chi connectivity index (χ1n) is 10.6. The summed E-state index contributed by atoms with van der Waals surface area (Å²) >= 11 is 6.24. The number of aryl methyl sites for hydroxylation is 1. The molecule has 0 N–H and O–H groups in total. The second-order valence-electron chi connectivity index (χ2n) is 7.92. The van der Waals surface area contributed by atoms with Crippen molar-refractivity contribution >= 4 is 39.0 Å². The van der Waals surface area contributed by atoms with Crippen LogP contribution in [0, 0.1) is 6.92 Å². The summed E-state index contributed by atoms with van der Waals surface area (Å²) < 4.78 is 27.6. The lowest BCUT2D eigenvalue weighted by Gasteiger charge is -2.35. The predicted octanol–water partition coefficient (Wildman–Crippen LogP) is 3.83. The SMILES string of the molecule is Cc1ccc(N(C)S(=O)(=O)c2cccc(C(=O)N3CCN(c4ncccc4Cl)CC3)c2)cc1. The van der Waals surface area contributed by atoms with Crippen LogP contribution >= 0.6 is 11.6 Å². The molecule has 9 heteroatoms. The zero-order valence-electron chi connectivity index (χ0n) is 18.5. The molecule has 4 rings (SSSR count). The van der Waals surface area contributed by atoms with E-state index in [1.807, 2.05) is 24.0 Å². The summed E-state index contributed by atoms with van der Waals surface area (Å²) in [6, 6.07) is 17.0. The number of benzene rings is 2. The standard InChI is InChI=1S/C24H25ClN4O3S/c1-18-8-10-20(11-9-18)27(2)33(31,32)21-6-3-5-19(17-21)24(30)29-15-13-28(14-16-29)23-22(25)7-4-12-26-23/h3-12,17H,13-16H2,1-2H3. The molecule has 1 aliphatic heterocycles. The third-order valence-corrected chi connectivity index (χ3v) is 7.82. The minimum atomic E-state index is -3.81. The fourth-order valence-electron chi connectivity index (χ4n) is 3.76. The monoisotopic (exact) mass is 484 g/mol. The Morgan fingerprint density at radius 2 is 1.70 bits per heavy atom. The molecule has 0 bridgehead atoms. The van der Waals surface area contributed by atoms with Gasteiger partial charge in [-0.05, 0) is 49.4 Å². The number of halogens is 1. The van der Waals surface area contributed by atoms with E-state index in [0.717, 1.165) is 5.56 Å². The number of hydrogen-bond acceptors (Lipinski definition) is 5. The Hall–Kier alpha value is -3.10. The third kappa shape index (κ3) is 4.82. The fraction of sp³-hybridized carbons (Fsp3) is 0.250. The van der Waals surface area contributed by atoms with Crippen LogP contribution in [0.3, 0.4) is 0 Å². The van der Waals surface area contributed by atoms with E-state index in [1.54, 1.807) is 47.5 Å². The van der Waals surface area contributed by atoms with Crippen molar-refractivity contribution in [1.82, 2.24) is 9.88 Å². The Labute approximate surface area is 199 Å². The van der Waals surface area contributed by atoms with E-state index in [2.05, 4.69) is 4.98 Å². The number of pyridine rings is 1. The zero-order valence-corrected chi connectivity index (χ0v) is 20.1. The molecule has 172 valence electrons. The van der Waals surface area contributed by atoms with Gasteiger partial charge in [0.2, 0.25) is 0 Å². The van der Waals surface area contributed by atoms with Crippen LogP contribution in [0.25, 0.3) is 0 Å². The van der Waals surface area contributed by atoms with Crippen LogP contribution in [0.4, 0.5) is 11.5 Å². The van der Waals surface area contributed by atoms with Crippen LogP contribution in [0.1, 0.15) is 15.9 Å². The Morgan fingerprint density at radius 3 is 2.36 bits per heavy atom. The number of piperazine rings is 1. The van der Waals surface area contributed by atoms with Gasteiger partial charge in [-0.3, -0.25) is 9.10 Å². The van der Waals surface area contributed by atoms with Gasteiger partial charge in [-0.2, -0.15) is 0 Å². The number of carbonyl (C=O) groups is 1. The number of sulfonamides is 1. The minimum Gasteiger partial charge on any atom is -0.352 e. The van der Waals surface area contributed by atoms with Crippen molar-refractivity contribution in [2.75, 3.05) is 42.4 Å². The summed E-state index contributed by atoms with van der Waals surface area (Å²) in [7, 11) is -2.30. The molecule has 0 atom stereocenters. The first-order chi connectivity index (χ1) is 15.8. The van der Waals surface area contributed by atoms with Crippen LogP contribution in [0.5, 0.6) is 0 Å². The second kappa shape index (κ2) is 9.41. The molecule has 0 radical (unpaired) electrons. The smallest absolute Gasteiger partial charge is 0.264 e. The Kier molecular flexibility index (Phi) is 6.58. The van der Waals surface area contributed by atoms with E-state index >= 15 is 0 Å². The summed E-state index contributed by atoms with van der Waals surface area (Å²) in [4.78, 5) is 21.3. The zero-order chi connectivity index (χ0) is 23.6. The molecule has 0 aliphatic carbocycles. The van der Waals surface area contributed by atoms with Gasteiger partial charge in [0.1, 0.15) is 5.82 Å². The van der Waals surface area contributed by atoms with Crippen molar-refractivity contribution in [3.8, 4) is 0 Å². The number of rotatable bonds is 5. The highest BCUT2D eigenvalue weighted by Gasteiger charge is 2.26. The van der Waals surface area contributed by atoms with Gasteiger partial charge in [0.25, 0.3) is 15.9 Å². The van der Waals surface area contributed by atoms with E-state index in [4.69, 9.17) is 11.6 Å². The Morgan fingerprint density at radius 1 is 1.00 bits per heavy atom. The molecule has 0 unspecified atom stereocenters. The number of carbonyl (C=O) groups excluding carboxylic acids is 1. The van der Waals surface area contributed by atoms with Gasteiger partial charge in [0.05, 0.1) is 15.6 Å². The van der Waals surface area contributed by atoms with Gasteiger partial charge >= 0.3 is 0 Å². The molecule has 0 saturated carbocycles. The largest absolute Gasteiger partial charge is 0.352 e. The average Bonchev–Trinajstić information content (AvgIpc) is 2.84. The molecule has 1 saturated heterocycles. The maximum Gasteiger partial charge on any atom is 0.264 e. The predicted molar refractivity (Wildman–Crippen MR) is 131 cm³/mol. The maximum absolute atomic E-state index is 13.2. The number of hydrogen-bond donors (Lipinski definition) is 0. The molecule has 33 heavy (non-hydrogen) atoms. The number of anilines is 2. The van der Waals surface area contributed by atoms with Gasteiger partial charge in [-0.15, -0.1) is 0 Å². The first kappa shape index (κ1) is 23.1. The first-order valence-corrected chi connectivity index (χ1v) is 12.4. The Balaban J connectivity index is 1.49. The van der Waals surface area contributed by atoms with Gasteiger partial charge in [0, 0.05) is 45.0 Å². The van der Waals surface area contributed by atoms with Gasteiger partial charge in [-0.25, -0.2) is 13.4 Å². The summed E-state index contributed by atoms with van der Waals surface area (Å²) in [6.07, 6.45) is 1.69. The lowest BCUT2D eigenvalue weighted by molar-refractivity contribution is 0.0746. The van der Waals surface area contributed by atoms with Crippen molar-refractivity contribution in [1.29, 1.82) is 0 Å². The van der Waals surface area contributed by atoms with Crippen molar-refractivity contribution in [3.63, 3.8) is 0 Å². The molecule has 1 aromatic heterocycles. The molecule has 3 aromatic rings. The molecule has 0 spiro atoms. The fourth-order valence-corrected chi connectivity index (χ4v) is 5.24. The van der Waals surface area contributed by atoms with E-state index < -0.39 is 10.0 Å². The Bertz CT molecular complexity index is 1260. The van der Waals surface area contributed by atoms with Gasteiger partial charge < -0.3 is 9.80 Å². The molecular formula is C24H25ClN4O3S. The lowest BCUT2D eigenvalue weighted by Crippen LogP contribution is -2.49. The van der Waals surface area contributed by atoms with Gasteiger partial charge in [-0.1, -0.05) is 35.4 Å². The van der Waals surface area contributed by atoms with Crippen molar-refractivity contribution < 1.29 is 13.2 Å². The van der Waals surface area contributed by atoms with Crippen molar-refractivity contribution in [3.05, 3.63) is 83.0 Å². The summed E-state index contributed by atoms with van der Waals surface area (Å²) in [6.45, 7) is 4.11. The van der Waals surface area contributed by atoms with Crippen molar-refractivity contribution in [2.45, 2.75) is 11.8 Å². The van der Waals surface area contributed by atoms with E-state index in [-0.39, 0.29) is 10.8 Å². The van der Waals surface area contributed by atoms with E-state index in [0.29, 0.717) is 48.3 Å². The van der Waals surface area contributed by atoms with Crippen LogP contribution in [-0.4, -0.2) is 57.4 Å². The number of aromatic nitrogens is 1. The quantitative estimate of drug-likeness (QED) is 0.550. The minimum absolute atomic E-state index is 0.0790. The molecular weight excluding hydrogens is 460 g/mol. The summed E-state index contributed by atoms with van der Waals surface area (Å²) in [5, 5.41) is 0.577. The number of nitrogens with zero attached hydrogens (tertiary/aromatic N) is 4. The summed E-state index contributed by atoms with van der Waals surface area (Å²) in [5.74, 6) is 0.510. The summed E-state index contributed by atoms with van der Waals surface area (Å²) in [5.41, 5.74) is 1.95. The van der Waals surface area contributed by atoms with Crippen LogP contribution in [-0.2, 0) is 10.0 Å². The maximum atomic E-state index is 13.2. The van der Waals surface area contributed by atoms with E-state index in [9.17, 15) is 13.2 Å². The second-order valence-corrected chi connectivity index (χ2v) is 10.3. The molecule has 1 aliphatic rings. The highest BCUT2D eigenvalue weighted by molar-refractivity contribution is 7.92. The lowest BCUT2D eigenvalue weighted by atomic mass is 10.2. The topological polar surface area (TPSA) is 73.8 Å². The van der Waals surface area contributed by atoms with Crippen molar-refractivity contribution in [2.24, 2.45) is 0 Å².